The number of para-hydroxylation sites is 1. The standard InChI is InChI=1S/C27H30BrN3O/c28-22-11-9-19(10-12-22)17-32-26-15-20-5-1-2-6-21(20)16-31(18-29)14-13-24-23-7-3-4-8-25(23)30-27(24)26/h3-4,7-12,20-21,26,30H,1-2,5-6,13-17H2. The Balaban J connectivity index is 1.51. The van der Waals surface area contributed by atoms with E-state index in [2.05, 4.69) is 75.6 Å². The molecule has 1 aromatic heterocycles. The molecular weight excluding hydrogens is 462 g/mol. The van der Waals surface area contributed by atoms with Gasteiger partial charge in [0.05, 0.1) is 12.7 Å². The fourth-order valence-electron chi connectivity index (χ4n) is 5.63. The van der Waals surface area contributed by atoms with Gasteiger partial charge in [0.1, 0.15) is 0 Å². The van der Waals surface area contributed by atoms with E-state index in [1.54, 1.807) is 0 Å². The first-order valence-corrected chi connectivity index (χ1v) is 12.6. The Bertz CT molecular complexity index is 1100. The van der Waals surface area contributed by atoms with Gasteiger partial charge in [-0.2, -0.15) is 5.26 Å². The van der Waals surface area contributed by atoms with E-state index in [-0.39, 0.29) is 6.10 Å². The molecule has 5 heteroatoms. The van der Waals surface area contributed by atoms with Crippen molar-refractivity contribution in [1.29, 1.82) is 5.26 Å². The first-order valence-electron chi connectivity index (χ1n) is 11.8. The predicted octanol–water partition coefficient (Wildman–Crippen LogP) is 6.72. The van der Waals surface area contributed by atoms with E-state index < -0.39 is 0 Å². The number of rotatable bonds is 3. The van der Waals surface area contributed by atoms with Crippen LogP contribution in [0.5, 0.6) is 0 Å². The summed E-state index contributed by atoms with van der Waals surface area (Å²) in [5.74, 6) is 1.17. The fourth-order valence-corrected chi connectivity index (χ4v) is 5.90. The number of benzene rings is 2. The number of nitrogens with zero attached hydrogens (tertiary/aromatic N) is 2. The largest absolute Gasteiger partial charge is 0.367 e. The summed E-state index contributed by atoms with van der Waals surface area (Å²) in [6, 6.07) is 17.0. The van der Waals surface area contributed by atoms with Crippen molar-refractivity contribution < 1.29 is 4.74 Å². The minimum Gasteiger partial charge on any atom is -0.367 e. The molecule has 2 aromatic carbocycles. The lowest BCUT2D eigenvalue weighted by molar-refractivity contribution is 0.00462. The monoisotopic (exact) mass is 491 g/mol. The van der Waals surface area contributed by atoms with Crippen molar-refractivity contribution in [1.82, 2.24) is 9.88 Å². The van der Waals surface area contributed by atoms with E-state index in [0.717, 1.165) is 35.9 Å². The molecule has 3 unspecified atom stereocenters. The van der Waals surface area contributed by atoms with E-state index in [1.165, 1.54) is 47.9 Å². The summed E-state index contributed by atoms with van der Waals surface area (Å²) in [7, 11) is 0. The van der Waals surface area contributed by atoms with Crippen LogP contribution in [0.1, 0.15) is 55.0 Å². The molecule has 1 aliphatic carbocycles. The quantitative estimate of drug-likeness (QED) is 0.413. The molecule has 1 fully saturated rings. The Kier molecular flexibility index (Phi) is 6.52. The normalized spacial score (nSPS) is 23.9. The second-order valence-corrected chi connectivity index (χ2v) is 10.2. The molecule has 2 aliphatic rings. The first-order chi connectivity index (χ1) is 15.7. The molecule has 1 aliphatic heterocycles. The number of hydrogen-bond acceptors (Lipinski definition) is 3. The average Bonchev–Trinajstić information content (AvgIpc) is 3.19. The van der Waals surface area contributed by atoms with Crippen LogP contribution in [0.15, 0.2) is 53.0 Å². The van der Waals surface area contributed by atoms with Gasteiger partial charge >= 0.3 is 0 Å². The highest BCUT2D eigenvalue weighted by molar-refractivity contribution is 9.10. The molecular formula is C27H30BrN3O. The third-order valence-electron chi connectivity index (χ3n) is 7.34. The van der Waals surface area contributed by atoms with Gasteiger partial charge in [0.25, 0.3) is 0 Å². The van der Waals surface area contributed by atoms with Crippen molar-refractivity contribution in [2.45, 2.75) is 51.2 Å². The van der Waals surface area contributed by atoms with Crippen LogP contribution < -0.4 is 0 Å². The number of fused-ring (bicyclic) bond motifs is 4. The average molecular weight is 492 g/mol. The van der Waals surface area contributed by atoms with Crippen LogP contribution in [-0.4, -0.2) is 23.0 Å². The van der Waals surface area contributed by atoms with Crippen molar-refractivity contribution in [3.63, 3.8) is 0 Å². The molecule has 5 rings (SSSR count). The second-order valence-electron chi connectivity index (χ2n) is 9.33. The summed E-state index contributed by atoms with van der Waals surface area (Å²) >= 11 is 3.53. The van der Waals surface area contributed by atoms with E-state index in [0.29, 0.717) is 18.4 Å². The van der Waals surface area contributed by atoms with Gasteiger partial charge in [0.15, 0.2) is 6.19 Å². The van der Waals surface area contributed by atoms with Gasteiger partial charge in [0.2, 0.25) is 0 Å². The number of aromatic amines is 1. The van der Waals surface area contributed by atoms with Crippen LogP contribution in [-0.2, 0) is 17.8 Å². The lowest BCUT2D eigenvalue weighted by atomic mass is 9.75. The Labute approximate surface area is 198 Å². The zero-order chi connectivity index (χ0) is 21.9. The minimum atomic E-state index is 0.0419. The van der Waals surface area contributed by atoms with E-state index in [1.807, 2.05) is 4.90 Å². The highest BCUT2D eigenvalue weighted by atomic mass is 79.9. The van der Waals surface area contributed by atoms with Crippen molar-refractivity contribution >= 4 is 26.8 Å². The van der Waals surface area contributed by atoms with Crippen LogP contribution in [0.3, 0.4) is 0 Å². The van der Waals surface area contributed by atoms with Gasteiger partial charge in [-0.25, -0.2) is 0 Å². The number of hydrogen-bond donors (Lipinski definition) is 1. The second kappa shape index (κ2) is 9.68. The SMILES string of the molecule is N#CN1CCc2c([nH]c3ccccc23)C(OCc2ccc(Br)cc2)CC2CCCCC2C1. The van der Waals surface area contributed by atoms with Gasteiger partial charge in [-0.1, -0.05) is 65.5 Å². The summed E-state index contributed by atoms with van der Waals surface area (Å²) in [5, 5.41) is 11.1. The van der Waals surface area contributed by atoms with Gasteiger partial charge in [-0.3, -0.25) is 0 Å². The van der Waals surface area contributed by atoms with Crippen LogP contribution in [0.2, 0.25) is 0 Å². The van der Waals surface area contributed by atoms with Crippen LogP contribution in [0, 0.1) is 23.3 Å². The maximum Gasteiger partial charge on any atom is 0.179 e. The van der Waals surface area contributed by atoms with Crippen molar-refractivity contribution in [3.05, 3.63) is 69.8 Å². The van der Waals surface area contributed by atoms with Gasteiger partial charge in [-0.05, 0) is 60.4 Å². The van der Waals surface area contributed by atoms with Gasteiger partial charge in [-0.15, -0.1) is 0 Å². The number of H-pyrrole nitrogens is 1. The molecule has 1 saturated carbocycles. The molecule has 0 saturated heterocycles. The van der Waals surface area contributed by atoms with Gasteiger partial charge < -0.3 is 14.6 Å². The number of halogens is 1. The van der Waals surface area contributed by atoms with E-state index in [4.69, 9.17) is 4.74 Å². The summed E-state index contributed by atoms with van der Waals surface area (Å²) in [4.78, 5) is 5.72. The molecule has 3 atom stereocenters. The molecule has 0 spiro atoms. The predicted molar refractivity (Wildman–Crippen MR) is 131 cm³/mol. The lowest BCUT2D eigenvalue weighted by Gasteiger charge is -2.37. The van der Waals surface area contributed by atoms with E-state index >= 15 is 0 Å². The topological polar surface area (TPSA) is 52.0 Å². The van der Waals surface area contributed by atoms with Crippen LogP contribution in [0.25, 0.3) is 10.9 Å². The minimum absolute atomic E-state index is 0.0419. The molecule has 166 valence electrons. The first kappa shape index (κ1) is 21.6. The summed E-state index contributed by atoms with van der Waals surface area (Å²) < 4.78 is 7.76. The van der Waals surface area contributed by atoms with Crippen LogP contribution >= 0.6 is 15.9 Å². The molecule has 32 heavy (non-hydrogen) atoms. The summed E-state index contributed by atoms with van der Waals surface area (Å²) in [6.07, 6.45) is 9.42. The summed E-state index contributed by atoms with van der Waals surface area (Å²) in [5.41, 5.74) is 4.89. The van der Waals surface area contributed by atoms with Crippen molar-refractivity contribution in [3.8, 4) is 6.19 Å². The zero-order valence-corrected chi connectivity index (χ0v) is 20.0. The molecule has 1 N–H and O–H groups in total. The molecule has 3 aromatic rings. The smallest absolute Gasteiger partial charge is 0.179 e. The third-order valence-corrected chi connectivity index (χ3v) is 7.87. The Morgan fingerprint density at radius 3 is 2.66 bits per heavy atom. The lowest BCUT2D eigenvalue weighted by Crippen LogP contribution is -2.35. The highest BCUT2D eigenvalue weighted by Crippen LogP contribution is 2.41. The van der Waals surface area contributed by atoms with Crippen LogP contribution in [0.4, 0.5) is 0 Å². The molecule has 0 bridgehead atoms. The molecule has 0 radical (unpaired) electrons. The van der Waals surface area contributed by atoms with Gasteiger partial charge in [0, 0.05) is 34.2 Å². The molecule has 0 amide bonds. The maximum atomic E-state index is 9.79. The van der Waals surface area contributed by atoms with E-state index in [9.17, 15) is 5.26 Å². The number of ether oxygens (including phenoxy) is 1. The fraction of sp³-hybridized carbons (Fsp3) is 0.444. The Morgan fingerprint density at radius 2 is 1.84 bits per heavy atom. The van der Waals surface area contributed by atoms with Crippen molar-refractivity contribution in [2.75, 3.05) is 13.1 Å². The number of nitrogens with one attached hydrogen (secondary N) is 1. The third kappa shape index (κ3) is 4.58. The zero-order valence-electron chi connectivity index (χ0n) is 18.4. The summed E-state index contributed by atoms with van der Waals surface area (Å²) in [6.45, 7) is 2.26. The highest BCUT2D eigenvalue weighted by Gasteiger charge is 2.33. The number of aromatic nitrogens is 1. The van der Waals surface area contributed by atoms with Crippen molar-refractivity contribution in [2.24, 2.45) is 11.8 Å². The Morgan fingerprint density at radius 1 is 1.06 bits per heavy atom. The molecule has 4 nitrogen and oxygen atoms in total. The molecule has 2 heterocycles. The Hall–Kier alpha value is -2.29. The maximum absolute atomic E-state index is 9.79. The number of nitriles is 1.